The maximum atomic E-state index is 11.9. The average Bonchev–Trinajstić information content (AvgIpc) is 2.61. The zero-order chi connectivity index (χ0) is 18.1. The first-order chi connectivity index (χ1) is 12.0. The highest BCUT2D eigenvalue weighted by molar-refractivity contribution is 6.39. The van der Waals surface area contributed by atoms with E-state index in [2.05, 4.69) is 16.0 Å². The Labute approximate surface area is 148 Å². The molecule has 25 heavy (non-hydrogen) atoms. The van der Waals surface area contributed by atoms with Crippen LogP contribution >= 0.6 is 0 Å². The monoisotopic (exact) mass is 340 g/mol. The molecule has 0 saturated heterocycles. The van der Waals surface area contributed by atoms with Crippen molar-refractivity contribution in [3.8, 4) is 0 Å². The van der Waals surface area contributed by atoms with Gasteiger partial charge in [0, 0.05) is 23.6 Å². The van der Waals surface area contributed by atoms with Gasteiger partial charge in [0.25, 0.3) is 0 Å². The van der Waals surface area contributed by atoms with Crippen molar-refractivity contribution in [1.82, 2.24) is 10.2 Å². The zero-order valence-corrected chi connectivity index (χ0v) is 14.6. The lowest BCUT2D eigenvalue weighted by Gasteiger charge is -2.10. The van der Waals surface area contributed by atoms with Crippen LogP contribution in [0.3, 0.4) is 0 Å². The summed E-state index contributed by atoms with van der Waals surface area (Å²) in [7, 11) is 3.93. The minimum absolute atomic E-state index is 0.477. The van der Waals surface area contributed by atoms with Gasteiger partial charge in [-0.05, 0) is 63.5 Å². The molecule has 0 radical (unpaired) electrons. The molecule has 0 aromatic heterocycles. The molecule has 0 fully saturated rings. The van der Waals surface area contributed by atoms with Gasteiger partial charge in [-0.2, -0.15) is 0 Å². The van der Waals surface area contributed by atoms with Crippen molar-refractivity contribution in [3.63, 3.8) is 0 Å². The topological polar surface area (TPSA) is 73.5 Å². The molecule has 0 bridgehead atoms. The smallest absolute Gasteiger partial charge is 0.313 e. The molecule has 3 N–H and O–H groups in total. The quantitative estimate of drug-likeness (QED) is 0.535. The number of carbonyl (C=O) groups excluding carboxylic acids is 2. The molecule has 0 aliphatic rings. The van der Waals surface area contributed by atoms with E-state index in [0.717, 1.165) is 24.3 Å². The van der Waals surface area contributed by atoms with E-state index in [1.165, 1.54) is 0 Å². The number of carbonyl (C=O) groups is 2. The Morgan fingerprint density at radius 3 is 2.08 bits per heavy atom. The first kappa shape index (κ1) is 18.5. The molecule has 6 nitrogen and oxygen atoms in total. The highest BCUT2D eigenvalue weighted by Gasteiger charge is 2.12. The van der Waals surface area contributed by atoms with E-state index in [0.29, 0.717) is 12.2 Å². The standard InChI is InChI=1S/C19H24N4O2/c1-23(2)14-6-13-20-18(24)19(25)22-17-11-9-16(10-12-17)21-15-7-4-3-5-8-15/h3-5,7-12,21H,6,13-14H2,1-2H3,(H,20,24)(H,22,25). The number of anilines is 3. The van der Waals surface area contributed by atoms with Gasteiger partial charge in [-0.25, -0.2) is 0 Å². The number of rotatable bonds is 7. The summed E-state index contributed by atoms with van der Waals surface area (Å²) in [5, 5.41) is 8.46. The Morgan fingerprint density at radius 1 is 0.840 bits per heavy atom. The summed E-state index contributed by atoms with van der Waals surface area (Å²) in [6.45, 7) is 1.34. The van der Waals surface area contributed by atoms with Crippen molar-refractivity contribution >= 4 is 28.9 Å². The van der Waals surface area contributed by atoms with Crippen LogP contribution in [0, 0.1) is 0 Å². The van der Waals surface area contributed by atoms with E-state index in [9.17, 15) is 9.59 Å². The maximum Gasteiger partial charge on any atom is 0.313 e. The van der Waals surface area contributed by atoms with Crippen LogP contribution in [0.15, 0.2) is 54.6 Å². The fourth-order valence-electron chi connectivity index (χ4n) is 2.19. The van der Waals surface area contributed by atoms with E-state index in [1.54, 1.807) is 12.1 Å². The summed E-state index contributed by atoms with van der Waals surface area (Å²) in [5.74, 6) is -1.28. The third-order valence-corrected chi connectivity index (χ3v) is 3.48. The number of amides is 2. The third-order valence-electron chi connectivity index (χ3n) is 3.48. The van der Waals surface area contributed by atoms with Gasteiger partial charge >= 0.3 is 11.8 Å². The summed E-state index contributed by atoms with van der Waals surface area (Å²) in [6, 6.07) is 17.0. The van der Waals surface area contributed by atoms with E-state index in [4.69, 9.17) is 0 Å². The number of nitrogens with one attached hydrogen (secondary N) is 3. The van der Waals surface area contributed by atoms with Gasteiger partial charge in [-0.1, -0.05) is 18.2 Å². The van der Waals surface area contributed by atoms with Crippen LogP contribution in [0.4, 0.5) is 17.1 Å². The number of hydrogen-bond donors (Lipinski definition) is 3. The number of para-hydroxylation sites is 1. The van der Waals surface area contributed by atoms with Gasteiger partial charge in [-0.3, -0.25) is 9.59 Å². The molecule has 0 aliphatic carbocycles. The molecule has 2 aromatic rings. The second-order valence-corrected chi connectivity index (χ2v) is 5.94. The maximum absolute atomic E-state index is 11.9. The fourth-order valence-corrected chi connectivity index (χ4v) is 2.19. The molecule has 0 atom stereocenters. The van der Waals surface area contributed by atoms with Crippen molar-refractivity contribution in [1.29, 1.82) is 0 Å². The summed E-state index contributed by atoms with van der Waals surface area (Å²) < 4.78 is 0. The van der Waals surface area contributed by atoms with Gasteiger partial charge in [-0.15, -0.1) is 0 Å². The molecule has 132 valence electrons. The Bertz CT molecular complexity index is 684. The second kappa shape index (κ2) is 9.44. The third kappa shape index (κ3) is 6.64. The van der Waals surface area contributed by atoms with Crippen molar-refractivity contribution in [2.75, 3.05) is 37.8 Å². The molecule has 0 unspecified atom stereocenters. The van der Waals surface area contributed by atoms with E-state index >= 15 is 0 Å². The minimum atomic E-state index is -0.659. The average molecular weight is 340 g/mol. The Morgan fingerprint density at radius 2 is 1.44 bits per heavy atom. The van der Waals surface area contributed by atoms with Crippen molar-refractivity contribution in [2.24, 2.45) is 0 Å². The molecule has 2 aromatic carbocycles. The van der Waals surface area contributed by atoms with Gasteiger partial charge in [0.05, 0.1) is 0 Å². The minimum Gasteiger partial charge on any atom is -0.356 e. The van der Waals surface area contributed by atoms with Crippen molar-refractivity contribution in [3.05, 3.63) is 54.6 Å². The molecule has 6 heteroatoms. The van der Waals surface area contributed by atoms with Gasteiger partial charge in [0.15, 0.2) is 0 Å². The Balaban J connectivity index is 1.79. The summed E-state index contributed by atoms with van der Waals surface area (Å²) in [6.07, 6.45) is 0.797. The second-order valence-electron chi connectivity index (χ2n) is 5.94. The van der Waals surface area contributed by atoms with Crippen molar-refractivity contribution in [2.45, 2.75) is 6.42 Å². The molecule has 0 aliphatic heterocycles. The number of nitrogens with zero attached hydrogens (tertiary/aromatic N) is 1. The fraction of sp³-hybridized carbons (Fsp3) is 0.263. The first-order valence-electron chi connectivity index (χ1n) is 8.20. The predicted octanol–water partition coefficient (Wildman–Crippen LogP) is 2.44. The molecular formula is C19H24N4O2. The van der Waals surface area contributed by atoms with Crippen LogP contribution < -0.4 is 16.0 Å². The Kier molecular flexibility index (Phi) is 6.98. The lowest BCUT2D eigenvalue weighted by atomic mass is 10.2. The largest absolute Gasteiger partial charge is 0.356 e. The zero-order valence-electron chi connectivity index (χ0n) is 14.6. The van der Waals surface area contributed by atoms with E-state index in [-0.39, 0.29) is 0 Å². The number of hydrogen-bond acceptors (Lipinski definition) is 4. The SMILES string of the molecule is CN(C)CCCNC(=O)C(=O)Nc1ccc(Nc2ccccc2)cc1. The summed E-state index contributed by atoms with van der Waals surface area (Å²) >= 11 is 0. The van der Waals surface area contributed by atoms with Crippen LogP contribution in [-0.2, 0) is 9.59 Å². The highest BCUT2D eigenvalue weighted by atomic mass is 16.2. The van der Waals surface area contributed by atoms with Crippen LogP contribution in [-0.4, -0.2) is 43.9 Å². The lowest BCUT2D eigenvalue weighted by molar-refractivity contribution is -0.136. The first-order valence-corrected chi connectivity index (χ1v) is 8.20. The van der Waals surface area contributed by atoms with Gasteiger partial charge in [0.1, 0.15) is 0 Å². The molecular weight excluding hydrogens is 316 g/mol. The lowest BCUT2D eigenvalue weighted by Crippen LogP contribution is -2.36. The molecule has 0 saturated carbocycles. The normalized spacial score (nSPS) is 10.4. The van der Waals surface area contributed by atoms with E-state index < -0.39 is 11.8 Å². The molecule has 2 amide bonds. The van der Waals surface area contributed by atoms with Crippen molar-refractivity contribution < 1.29 is 9.59 Å². The molecule has 0 heterocycles. The van der Waals surface area contributed by atoms with Crippen LogP contribution in [0.5, 0.6) is 0 Å². The number of benzene rings is 2. The highest BCUT2D eigenvalue weighted by Crippen LogP contribution is 2.18. The van der Waals surface area contributed by atoms with Crippen LogP contribution in [0.1, 0.15) is 6.42 Å². The van der Waals surface area contributed by atoms with Crippen LogP contribution in [0.25, 0.3) is 0 Å². The van der Waals surface area contributed by atoms with Crippen LogP contribution in [0.2, 0.25) is 0 Å². The predicted molar refractivity (Wildman–Crippen MR) is 101 cm³/mol. The summed E-state index contributed by atoms with van der Waals surface area (Å²) in [4.78, 5) is 25.6. The summed E-state index contributed by atoms with van der Waals surface area (Å²) in [5.41, 5.74) is 2.46. The van der Waals surface area contributed by atoms with Gasteiger partial charge < -0.3 is 20.9 Å². The molecule has 2 rings (SSSR count). The van der Waals surface area contributed by atoms with Gasteiger partial charge in [0.2, 0.25) is 0 Å². The molecule has 0 spiro atoms. The van der Waals surface area contributed by atoms with E-state index in [1.807, 2.05) is 61.5 Å². The Hall–Kier alpha value is -2.86.